The summed E-state index contributed by atoms with van der Waals surface area (Å²) in [7, 11) is -1.82. The maximum atomic E-state index is 12.5. The molecule has 1 aromatic carbocycles. The van der Waals surface area contributed by atoms with Gasteiger partial charge in [0, 0.05) is 18.1 Å². The fourth-order valence-electron chi connectivity index (χ4n) is 2.06. The van der Waals surface area contributed by atoms with Crippen molar-refractivity contribution in [2.24, 2.45) is 0 Å². The first kappa shape index (κ1) is 14.0. The average Bonchev–Trinajstić information content (AvgIpc) is 2.80. The summed E-state index contributed by atoms with van der Waals surface area (Å²) in [6, 6.07) is 5.14. The minimum atomic E-state index is -3.44. The standard InChI is InChI=1S/C12H16BrNO3S/c1-9-7-10(13)3-4-12(9)18(15,16)14(2)11-5-6-17-8-11/h3-4,7,11H,5-6,8H2,1-2H3/t11-/m0/s1. The molecule has 1 fully saturated rings. The van der Waals surface area contributed by atoms with E-state index in [-0.39, 0.29) is 6.04 Å². The van der Waals surface area contributed by atoms with Gasteiger partial charge >= 0.3 is 0 Å². The van der Waals surface area contributed by atoms with Crippen LogP contribution in [0.25, 0.3) is 0 Å². The average molecular weight is 334 g/mol. The van der Waals surface area contributed by atoms with Crippen molar-refractivity contribution in [1.82, 2.24) is 4.31 Å². The maximum absolute atomic E-state index is 12.5. The summed E-state index contributed by atoms with van der Waals surface area (Å²) in [4.78, 5) is 0.361. The Hall–Kier alpha value is -0.430. The van der Waals surface area contributed by atoms with Crippen LogP contribution in [0.2, 0.25) is 0 Å². The lowest BCUT2D eigenvalue weighted by Gasteiger charge is -2.23. The van der Waals surface area contributed by atoms with Gasteiger partial charge in [-0.3, -0.25) is 0 Å². The van der Waals surface area contributed by atoms with Crippen LogP contribution < -0.4 is 0 Å². The predicted octanol–water partition coefficient (Wildman–Crippen LogP) is 2.17. The minimum absolute atomic E-state index is 0.0574. The van der Waals surface area contributed by atoms with Crippen molar-refractivity contribution in [2.45, 2.75) is 24.3 Å². The van der Waals surface area contributed by atoms with Gasteiger partial charge in [-0.2, -0.15) is 4.31 Å². The SMILES string of the molecule is Cc1cc(Br)ccc1S(=O)(=O)N(C)[C@H]1CCOC1. The van der Waals surface area contributed by atoms with Crippen molar-refractivity contribution in [2.75, 3.05) is 20.3 Å². The van der Waals surface area contributed by atoms with Crippen LogP contribution in [0.4, 0.5) is 0 Å². The highest BCUT2D eigenvalue weighted by molar-refractivity contribution is 9.10. The molecule has 4 nitrogen and oxygen atoms in total. The normalized spacial score (nSPS) is 20.6. The molecule has 0 bridgehead atoms. The summed E-state index contributed by atoms with van der Waals surface area (Å²) in [5.41, 5.74) is 0.746. The molecule has 1 saturated heterocycles. The van der Waals surface area contributed by atoms with E-state index < -0.39 is 10.0 Å². The zero-order valence-electron chi connectivity index (χ0n) is 10.4. The Labute approximate surface area is 116 Å². The fourth-order valence-corrected chi connectivity index (χ4v) is 4.11. The molecule has 100 valence electrons. The number of rotatable bonds is 3. The van der Waals surface area contributed by atoms with E-state index in [2.05, 4.69) is 15.9 Å². The summed E-state index contributed by atoms with van der Waals surface area (Å²) >= 11 is 3.34. The van der Waals surface area contributed by atoms with E-state index >= 15 is 0 Å². The third kappa shape index (κ3) is 2.61. The van der Waals surface area contributed by atoms with E-state index in [1.807, 2.05) is 6.07 Å². The number of aryl methyl sites for hydroxylation is 1. The molecule has 6 heteroatoms. The lowest BCUT2D eigenvalue weighted by Crippen LogP contribution is -2.37. The number of hydrogen-bond acceptors (Lipinski definition) is 3. The van der Waals surface area contributed by atoms with Gasteiger partial charge in [0.25, 0.3) is 0 Å². The molecular formula is C12H16BrNO3S. The summed E-state index contributed by atoms with van der Waals surface area (Å²) in [6.45, 7) is 2.91. The molecule has 0 aliphatic carbocycles. The zero-order chi connectivity index (χ0) is 13.3. The number of benzene rings is 1. The first-order chi connectivity index (χ1) is 8.43. The highest BCUT2D eigenvalue weighted by atomic mass is 79.9. The van der Waals surface area contributed by atoms with Crippen LogP contribution in [0.15, 0.2) is 27.6 Å². The number of hydrogen-bond donors (Lipinski definition) is 0. The Balaban J connectivity index is 2.35. The van der Waals surface area contributed by atoms with Crippen LogP contribution in [0.3, 0.4) is 0 Å². The maximum Gasteiger partial charge on any atom is 0.243 e. The van der Waals surface area contributed by atoms with Crippen LogP contribution >= 0.6 is 15.9 Å². The monoisotopic (exact) mass is 333 g/mol. The molecule has 1 aliphatic heterocycles. The number of sulfonamides is 1. The molecule has 0 spiro atoms. The van der Waals surface area contributed by atoms with Crippen LogP contribution in [-0.4, -0.2) is 39.0 Å². The van der Waals surface area contributed by atoms with Crippen molar-refractivity contribution in [3.63, 3.8) is 0 Å². The lowest BCUT2D eigenvalue weighted by molar-refractivity contribution is 0.181. The van der Waals surface area contributed by atoms with Crippen molar-refractivity contribution >= 4 is 26.0 Å². The van der Waals surface area contributed by atoms with Gasteiger partial charge in [-0.1, -0.05) is 15.9 Å². The Morgan fingerprint density at radius 1 is 1.44 bits per heavy atom. The topological polar surface area (TPSA) is 46.6 Å². The molecule has 1 aromatic rings. The van der Waals surface area contributed by atoms with E-state index in [4.69, 9.17) is 4.74 Å². The first-order valence-corrected chi connectivity index (χ1v) is 7.98. The Bertz CT molecular complexity index is 538. The van der Waals surface area contributed by atoms with E-state index in [9.17, 15) is 8.42 Å². The van der Waals surface area contributed by atoms with Gasteiger partial charge in [0.05, 0.1) is 17.5 Å². The van der Waals surface area contributed by atoms with Gasteiger partial charge in [-0.05, 0) is 37.1 Å². The van der Waals surface area contributed by atoms with Gasteiger partial charge in [-0.25, -0.2) is 8.42 Å². The van der Waals surface area contributed by atoms with Crippen molar-refractivity contribution in [1.29, 1.82) is 0 Å². The minimum Gasteiger partial charge on any atom is -0.380 e. The molecule has 0 unspecified atom stereocenters. The van der Waals surface area contributed by atoms with Gasteiger partial charge in [0.1, 0.15) is 0 Å². The first-order valence-electron chi connectivity index (χ1n) is 5.75. The largest absolute Gasteiger partial charge is 0.380 e. The van der Waals surface area contributed by atoms with Crippen molar-refractivity contribution in [3.8, 4) is 0 Å². The number of ether oxygens (including phenoxy) is 1. The molecule has 0 saturated carbocycles. The second kappa shape index (κ2) is 5.28. The third-order valence-electron chi connectivity index (χ3n) is 3.21. The molecule has 0 aromatic heterocycles. The fraction of sp³-hybridized carbons (Fsp3) is 0.500. The summed E-state index contributed by atoms with van der Waals surface area (Å²) in [5, 5.41) is 0. The molecule has 1 atom stereocenters. The highest BCUT2D eigenvalue weighted by Gasteiger charge is 2.31. The van der Waals surface area contributed by atoms with Crippen LogP contribution in [-0.2, 0) is 14.8 Å². The molecule has 1 aliphatic rings. The van der Waals surface area contributed by atoms with E-state index in [0.29, 0.717) is 18.1 Å². The second-order valence-corrected chi connectivity index (χ2v) is 7.33. The van der Waals surface area contributed by atoms with Gasteiger partial charge in [-0.15, -0.1) is 0 Å². The predicted molar refractivity (Wildman–Crippen MR) is 73.1 cm³/mol. The highest BCUT2D eigenvalue weighted by Crippen LogP contribution is 2.25. The Morgan fingerprint density at radius 2 is 2.17 bits per heavy atom. The summed E-state index contributed by atoms with van der Waals surface area (Å²) < 4.78 is 32.6. The molecule has 1 heterocycles. The van der Waals surface area contributed by atoms with Gasteiger partial charge in [0.2, 0.25) is 10.0 Å². The molecule has 0 radical (unpaired) electrons. The van der Waals surface area contributed by atoms with Gasteiger partial charge < -0.3 is 4.74 Å². The van der Waals surface area contributed by atoms with E-state index in [1.54, 1.807) is 26.1 Å². The van der Waals surface area contributed by atoms with Crippen LogP contribution in [0.1, 0.15) is 12.0 Å². The summed E-state index contributed by atoms with van der Waals surface area (Å²) in [6.07, 6.45) is 0.755. The second-order valence-electron chi connectivity index (χ2n) is 4.45. The number of nitrogens with zero attached hydrogens (tertiary/aromatic N) is 1. The van der Waals surface area contributed by atoms with Crippen LogP contribution in [0, 0.1) is 6.92 Å². The molecule has 18 heavy (non-hydrogen) atoms. The lowest BCUT2D eigenvalue weighted by atomic mass is 10.2. The van der Waals surface area contributed by atoms with Crippen molar-refractivity contribution < 1.29 is 13.2 Å². The third-order valence-corrected chi connectivity index (χ3v) is 5.78. The zero-order valence-corrected chi connectivity index (χ0v) is 12.8. The summed E-state index contributed by atoms with van der Waals surface area (Å²) in [5.74, 6) is 0. The number of halogens is 1. The number of likely N-dealkylation sites (N-methyl/N-ethyl adjacent to an activating group) is 1. The van der Waals surface area contributed by atoms with Gasteiger partial charge in [0.15, 0.2) is 0 Å². The smallest absolute Gasteiger partial charge is 0.243 e. The molecule has 2 rings (SSSR count). The Kier molecular flexibility index (Phi) is 4.11. The molecular weight excluding hydrogens is 318 g/mol. The molecule has 0 N–H and O–H groups in total. The van der Waals surface area contributed by atoms with E-state index in [1.165, 1.54) is 4.31 Å². The van der Waals surface area contributed by atoms with E-state index in [0.717, 1.165) is 16.5 Å². The quantitative estimate of drug-likeness (QED) is 0.851. The van der Waals surface area contributed by atoms with Crippen LogP contribution in [0.5, 0.6) is 0 Å². The Morgan fingerprint density at radius 3 is 2.72 bits per heavy atom. The molecule has 0 amide bonds. The van der Waals surface area contributed by atoms with Crippen molar-refractivity contribution in [3.05, 3.63) is 28.2 Å².